The summed E-state index contributed by atoms with van der Waals surface area (Å²) in [5, 5.41) is 6.80. The first-order chi connectivity index (χ1) is 6.84. The average molecular weight is 212 g/mol. The Morgan fingerprint density at radius 3 is 3.29 bits per heavy atom. The van der Waals surface area contributed by atoms with Crippen LogP contribution in [0.5, 0.6) is 0 Å². The third-order valence-electron chi connectivity index (χ3n) is 2.37. The van der Waals surface area contributed by atoms with Gasteiger partial charge in [0, 0.05) is 30.1 Å². The lowest BCUT2D eigenvalue weighted by Gasteiger charge is -2.23. The van der Waals surface area contributed by atoms with E-state index in [9.17, 15) is 0 Å². The Bertz CT molecular complexity index is 281. The summed E-state index contributed by atoms with van der Waals surface area (Å²) in [6.07, 6.45) is 2.20. The topological polar surface area (TPSA) is 34.1 Å². The van der Waals surface area contributed by atoms with Crippen LogP contribution in [0, 0.1) is 6.92 Å². The smallest absolute Gasteiger partial charge is 0.0928 e. The first-order valence-corrected chi connectivity index (χ1v) is 5.94. The molecule has 0 spiro atoms. The molecule has 2 heterocycles. The van der Waals surface area contributed by atoms with Crippen molar-refractivity contribution in [3.8, 4) is 0 Å². The Morgan fingerprint density at radius 1 is 1.71 bits per heavy atom. The van der Waals surface area contributed by atoms with E-state index in [-0.39, 0.29) is 0 Å². The molecule has 0 amide bonds. The maximum Gasteiger partial charge on any atom is 0.0928 e. The Morgan fingerprint density at radius 2 is 2.64 bits per heavy atom. The fourth-order valence-electron chi connectivity index (χ4n) is 1.62. The van der Waals surface area contributed by atoms with Gasteiger partial charge in [0.15, 0.2) is 0 Å². The summed E-state index contributed by atoms with van der Waals surface area (Å²) in [4.78, 5) is 4.45. The van der Waals surface area contributed by atoms with Crippen molar-refractivity contribution in [2.75, 3.05) is 19.8 Å². The summed E-state index contributed by atoms with van der Waals surface area (Å²) in [5.74, 6) is 0. The normalized spacial score (nSPS) is 22.5. The van der Waals surface area contributed by atoms with Crippen LogP contribution in [0.4, 0.5) is 0 Å². The highest BCUT2D eigenvalue weighted by Crippen LogP contribution is 2.12. The van der Waals surface area contributed by atoms with Gasteiger partial charge in [-0.05, 0) is 13.3 Å². The molecule has 1 aliphatic rings. The van der Waals surface area contributed by atoms with E-state index in [4.69, 9.17) is 4.74 Å². The number of rotatable bonds is 3. The fourth-order valence-corrected chi connectivity index (χ4v) is 2.41. The molecular weight excluding hydrogens is 196 g/mol. The van der Waals surface area contributed by atoms with Gasteiger partial charge >= 0.3 is 0 Å². The summed E-state index contributed by atoms with van der Waals surface area (Å²) in [5.41, 5.74) is 1.14. The molecule has 1 fully saturated rings. The predicted octanol–water partition coefficient (Wildman–Crippen LogP) is 1.37. The first kappa shape index (κ1) is 10.1. The average Bonchev–Trinajstić information content (AvgIpc) is 2.63. The highest BCUT2D eigenvalue weighted by molar-refractivity contribution is 7.09. The van der Waals surface area contributed by atoms with E-state index in [1.807, 2.05) is 6.92 Å². The number of hydrogen-bond acceptors (Lipinski definition) is 4. The minimum atomic E-state index is 0.521. The summed E-state index contributed by atoms with van der Waals surface area (Å²) in [6, 6.07) is 0.521. The van der Waals surface area contributed by atoms with Gasteiger partial charge in [-0.1, -0.05) is 0 Å². The van der Waals surface area contributed by atoms with Gasteiger partial charge in [-0.25, -0.2) is 4.98 Å². The van der Waals surface area contributed by atoms with E-state index in [0.29, 0.717) is 6.04 Å². The monoisotopic (exact) mass is 212 g/mol. The summed E-state index contributed by atoms with van der Waals surface area (Å²) in [7, 11) is 0. The molecule has 3 nitrogen and oxygen atoms in total. The molecular formula is C10H16N2OS. The van der Waals surface area contributed by atoms with Gasteiger partial charge in [0.25, 0.3) is 0 Å². The van der Waals surface area contributed by atoms with E-state index in [0.717, 1.165) is 38.3 Å². The molecule has 14 heavy (non-hydrogen) atoms. The molecule has 4 heteroatoms. The van der Waals surface area contributed by atoms with Crippen molar-refractivity contribution in [3.63, 3.8) is 0 Å². The zero-order chi connectivity index (χ0) is 9.80. The third-order valence-corrected chi connectivity index (χ3v) is 3.40. The van der Waals surface area contributed by atoms with Crippen LogP contribution in [0.25, 0.3) is 0 Å². The molecule has 1 atom stereocenters. The summed E-state index contributed by atoms with van der Waals surface area (Å²) >= 11 is 1.76. The second-order valence-corrected chi connectivity index (χ2v) is 4.59. The zero-order valence-electron chi connectivity index (χ0n) is 8.45. The van der Waals surface area contributed by atoms with Gasteiger partial charge in [0.1, 0.15) is 0 Å². The lowest BCUT2D eigenvalue weighted by Crippen LogP contribution is -2.41. The molecule has 1 saturated heterocycles. The van der Waals surface area contributed by atoms with Crippen molar-refractivity contribution in [2.45, 2.75) is 25.8 Å². The van der Waals surface area contributed by atoms with E-state index in [1.165, 1.54) is 5.01 Å². The second-order valence-electron chi connectivity index (χ2n) is 3.65. The van der Waals surface area contributed by atoms with Crippen LogP contribution in [0.1, 0.15) is 17.1 Å². The van der Waals surface area contributed by atoms with Gasteiger partial charge < -0.3 is 10.1 Å². The molecule has 1 unspecified atom stereocenters. The number of thiazole rings is 1. The minimum absolute atomic E-state index is 0.521. The molecule has 0 aromatic carbocycles. The summed E-state index contributed by atoms with van der Waals surface area (Å²) in [6.45, 7) is 4.74. The number of nitrogens with zero attached hydrogens (tertiary/aromatic N) is 1. The Balaban J connectivity index is 1.76. The fraction of sp³-hybridized carbons (Fsp3) is 0.700. The molecule has 1 aliphatic heterocycles. The number of morpholine rings is 1. The van der Waals surface area contributed by atoms with Crippen LogP contribution in [0.3, 0.4) is 0 Å². The van der Waals surface area contributed by atoms with Crippen molar-refractivity contribution in [1.82, 2.24) is 10.3 Å². The van der Waals surface area contributed by atoms with Gasteiger partial charge in [0.05, 0.1) is 18.2 Å². The SMILES string of the molecule is Cc1csc(CCC2COCCN2)n1. The van der Waals surface area contributed by atoms with Crippen molar-refractivity contribution in [2.24, 2.45) is 0 Å². The molecule has 0 aliphatic carbocycles. The zero-order valence-corrected chi connectivity index (χ0v) is 9.27. The number of aryl methyl sites for hydroxylation is 2. The lowest BCUT2D eigenvalue weighted by molar-refractivity contribution is 0.0743. The van der Waals surface area contributed by atoms with Crippen molar-refractivity contribution in [3.05, 3.63) is 16.1 Å². The number of ether oxygens (including phenoxy) is 1. The quantitative estimate of drug-likeness (QED) is 0.821. The lowest BCUT2D eigenvalue weighted by atomic mass is 10.1. The molecule has 1 aromatic rings. The Labute approximate surface area is 88.5 Å². The molecule has 0 saturated carbocycles. The van der Waals surface area contributed by atoms with Crippen LogP contribution < -0.4 is 5.32 Å². The van der Waals surface area contributed by atoms with Crippen molar-refractivity contribution < 1.29 is 4.74 Å². The minimum Gasteiger partial charge on any atom is -0.379 e. The van der Waals surface area contributed by atoms with Gasteiger partial charge in [-0.15, -0.1) is 11.3 Å². The number of aromatic nitrogens is 1. The standard InChI is InChI=1S/C10H16N2OS/c1-8-7-14-10(12-8)3-2-9-6-13-5-4-11-9/h7,9,11H,2-6H2,1H3. The van der Waals surface area contributed by atoms with Crippen LogP contribution in [-0.2, 0) is 11.2 Å². The highest BCUT2D eigenvalue weighted by atomic mass is 32.1. The molecule has 1 aromatic heterocycles. The Hall–Kier alpha value is -0.450. The molecule has 0 radical (unpaired) electrons. The summed E-state index contributed by atoms with van der Waals surface area (Å²) < 4.78 is 5.40. The Kier molecular flexibility index (Phi) is 3.50. The van der Waals surface area contributed by atoms with Crippen LogP contribution in [0.15, 0.2) is 5.38 Å². The maximum absolute atomic E-state index is 5.40. The van der Waals surface area contributed by atoms with Crippen LogP contribution in [0.2, 0.25) is 0 Å². The van der Waals surface area contributed by atoms with Gasteiger partial charge in [-0.3, -0.25) is 0 Å². The predicted molar refractivity (Wildman–Crippen MR) is 57.8 cm³/mol. The maximum atomic E-state index is 5.40. The van der Waals surface area contributed by atoms with E-state index >= 15 is 0 Å². The van der Waals surface area contributed by atoms with E-state index < -0.39 is 0 Å². The highest BCUT2D eigenvalue weighted by Gasteiger charge is 2.13. The second kappa shape index (κ2) is 4.87. The van der Waals surface area contributed by atoms with E-state index in [2.05, 4.69) is 15.7 Å². The molecule has 2 rings (SSSR count). The number of hydrogen-bond donors (Lipinski definition) is 1. The third kappa shape index (κ3) is 2.77. The van der Waals surface area contributed by atoms with Crippen LogP contribution in [-0.4, -0.2) is 30.8 Å². The first-order valence-electron chi connectivity index (χ1n) is 5.07. The van der Waals surface area contributed by atoms with Crippen LogP contribution >= 0.6 is 11.3 Å². The molecule has 0 bridgehead atoms. The van der Waals surface area contributed by atoms with Crippen molar-refractivity contribution >= 4 is 11.3 Å². The van der Waals surface area contributed by atoms with Gasteiger partial charge in [-0.2, -0.15) is 0 Å². The van der Waals surface area contributed by atoms with Crippen molar-refractivity contribution in [1.29, 1.82) is 0 Å². The molecule has 78 valence electrons. The van der Waals surface area contributed by atoms with Gasteiger partial charge in [0.2, 0.25) is 0 Å². The number of nitrogens with one attached hydrogen (secondary N) is 1. The molecule has 1 N–H and O–H groups in total. The van der Waals surface area contributed by atoms with E-state index in [1.54, 1.807) is 11.3 Å². The largest absolute Gasteiger partial charge is 0.379 e.